The standard InChI is InChI=1S/C10H18N4O2S.ClH/c1-2-14-10(5-6-12-14)17(15,16)13-9(7-11)8-3-4-8;/h5-6,8-9,13H,2-4,7,11H2,1H3;1H. The van der Waals surface area contributed by atoms with Gasteiger partial charge in [0.25, 0.3) is 10.0 Å². The van der Waals surface area contributed by atoms with Crippen molar-refractivity contribution in [2.75, 3.05) is 6.54 Å². The molecular weight excluding hydrogens is 276 g/mol. The van der Waals surface area contributed by atoms with Crippen LogP contribution in [-0.2, 0) is 16.6 Å². The molecule has 0 bridgehead atoms. The predicted molar refractivity (Wildman–Crippen MR) is 71.0 cm³/mol. The molecule has 1 unspecified atom stereocenters. The van der Waals surface area contributed by atoms with Crippen molar-refractivity contribution < 1.29 is 8.42 Å². The highest BCUT2D eigenvalue weighted by Gasteiger charge is 2.34. The monoisotopic (exact) mass is 294 g/mol. The summed E-state index contributed by atoms with van der Waals surface area (Å²) in [5.74, 6) is 0.396. The van der Waals surface area contributed by atoms with Crippen LogP contribution in [0, 0.1) is 5.92 Å². The van der Waals surface area contributed by atoms with E-state index < -0.39 is 10.0 Å². The second-order valence-corrected chi connectivity index (χ2v) is 5.95. The lowest BCUT2D eigenvalue weighted by Gasteiger charge is -2.16. The first kappa shape index (κ1) is 15.4. The van der Waals surface area contributed by atoms with E-state index >= 15 is 0 Å². The summed E-state index contributed by atoms with van der Waals surface area (Å²) in [4.78, 5) is 0. The zero-order chi connectivity index (χ0) is 12.5. The van der Waals surface area contributed by atoms with Crippen LogP contribution >= 0.6 is 12.4 Å². The Morgan fingerprint density at radius 3 is 2.78 bits per heavy atom. The van der Waals surface area contributed by atoms with Crippen molar-refractivity contribution in [3.05, 3.63) is 12.3 Å². The van der Waals surface area contributed by atoms with E-state index in [-0.39, 0.29) is 23.5 Å². The topological polar surface area (TPSA) is 90.0 Å². The highest BCUT2D eigenvalue weighted by Crippen LogP contribution is 2.32. The first-order valence-corrected chi connectivity index (χ1v) is 7.31. The molecular formula is C10H19ClN4O2S. The summed E-state index contributed by atoms with van der Waals surface area (Å²) in [6, 6.07) is 1.35. The second kappa shape index (κ2) is 6.01. The molecule has 6 nitrogen and oxygen atoms in total. The molecule has 1 fully saturated rings. The molecule has 0 spiro atoms. The first-order chi connectivity index (χ1) is 8.08. The lowest BCUT2D eigenvalue weighted by Crippen LogP contribution is -2.42. The maximum Gasteiger partial charge on any atom is 0.258 e. The fraction of sp³-hybridized carbons (Fsp3) is 0.700. The number of hydrogen-bond acceptors (Lipinski definition) is 4. The molecule has 1 saturated carbocycles. The third kappa shape index (κ3) is 3.23. The Morgan fingerprint density at radius 2 is 2.28 bits per heavy atom. The van der Waals surface area contributed by atoms with E-state index in [1.807, 2.05) is 6.92 Å². The van der Waals surface area contributed by atoms with Crippen molar-refractivity contribution in [1.29, 1.82) is 0 Å². The van der Waals surface area contributed by atoms with Gasteiger partial charge in [0.2, 0.25) is 0 Å². The first-order valence-electron chi connectivity index (χ1n) is 5.82. The van der Waals surface area contributed by atoms with Crippen LogP contribution in [0.15, 0.2) is 17.3 Å². The molecule has 1 aromatic rings. The summed E-state index contributed by atoms with van der Waals surface area (Å²) < 4.78 is 28.4. The van der Waals surface area contributed by atoms with E-state index in [0.717, 1.165) is 12.8 Å². The SMILES string of the molecule is CCn1nccc1S(=O)(=O)NC(CN)C1CC1.Cl. The fourth-order valence-electron chi connectivity index (χ4n) is 1.88. The van der Waals surface area contributed by atoms with E-state index in [0.29, 0.717) is 19.0 Å². The molecule has 1 heterocycles. The molecule has 1 atom stereocenters. The third-order valence-corrected chi connectivity index (χ3v) is 4.51. The number of halogens is 1. The molecule has 1 aliphatic rings. The van der Waals surface area contributed by atoms with Crippen LogP contribution in [0.4, 0.5) is 0 Å². The number of aryl methyl sites for hydroxylation is 1. The third-order valence-electron chi connectivity index (χ3n) is 3.00. The summed E-state index contributed by atoms with van der Waals surface area (Å²) in [7, 11) is -3.51. The molecule has 2 rings (SSSR count). The maximum absolute atomic E-state index is 12.1. The Bertz CT molecular complexity index is 484. The van der Waals surface area contributed by atoms with E-state index in [2.05, 4.69) is 9.82 Å². The molecule has 104 valence electrons. The van der Waals surface area contributed by atoms with Crippen LogP contribution in [0.5, 0.6) is 0 Å². The van der Waals surface area contributed by atoms with E-state index in [1.165, 1.54) is 16.9 Å². The van der Waals surface area contributed by atoms with Crippen LogP contribution in [0.25, 0.3) is 0 Å². The summed E-state index contributed by atoms with van der Waals surface area (Å²) >= 11 is 0. The van der Waals surface area contributed by atoms with Gasteiger partial charge in [-0.1, -0.05) is 0 Å². The Labute approximate surface area is 113 Å². The van der Waals surface area contributed by atoms with Gasteiger partial charge in [-0.25, -0.2) is 13.1 Å². The van der Waals surface area contributed by atoms with Crippen molar-refractivity contribution >= 4 is 22.4 Å². The number of aromatic nitrogens is 2. The zero-order valence-electron chi connectivity index (χ0n) is 10.2. The van der Waals surface area contributed by atoms with Gasteiger partial charge in [0.15, 0.2) is 5.03 Å². The molecule has 0 radical (unpaired) electrons. The summed E-state index contributed by atoms with van der Waals surface area (Å²) in [6.07, 6.45) is 3.60. The average molecular weight is 295 g/mol. The maximum atomic E-state index is 12.1. The molecule has 0 aromatic carbocycles. The van der Waals surface area contributed by atoms with Gasteiger partial charge < -0.3 is 5.73 Å². The normalized spacial score (nSPS) is 17.2. The summed E-state index contributed by atoms with van der Waals surface area (Å²) in [5, 5.41) is 4.17. The lowest BCUT2D eigenvalue weighted by atomic mass is 10.2. The van der Waals surface area contributed by atoms with Crippen molar-refractivity contribution in [1.82, 2.24) is 14.5 Å². The van der Waals surface area contributed by atoms with Crippen molar-refractivity contribution in [3.63, 3.8) is 0 Å². The van der Waals surface area contributed by atoms with Gasteiger partial charge >= 0.3 is 0 Å². The largest absolute Gasteiger partial charge is 0.329 e. The molecule has 3 N–H and O–H groups in total. The Hall–Kier alpha value is -0.630. The number of nitrogens with one attached hydrogen (secondary N) is 1. The van der Waals surface area contributed by atoms with E-state index in [1.54, 1.807) is 0 Å². The smallest absolute Gasteiger partial charge is 0.258 e. The molecule has 8 heteroatoms. The van der Waals surface area contributed by atoms with Gasteiger partial charge in [0.05, 0.1) is 6.20 Å². The molecule has 18 heavy (non-hydrogen) atoms. The van der Waals surface area contributed by atoms with Gasteiger partial charge in [-0.3, -0.25) is 4.68 Å². The molecule has 1 aromatic heterocycles. The number of nitrogens with two attached hydrogens (primary N) is 1. The molecule has 1 aliphatic carbocycles. The van der Waals surface area contributed by atoms with Crippen molar-refractivity contribution in [2.24, 2.45) is 11.7 Å². The summed E-state index contributed by atoms with van der Waals surface area (Å²) in [5.41, 5.74) is 5.60. The van der Waals surface area contributed by atoms with Crippen LogP contribution in [0.2, 0.25) is 0 Å². The van der Waals surface area contributed by atoms with Crippen LogP contribution in [0.1, 0.15) is 19.8 Å². The molecule has 0 aliphatic heterocycles. The van der Waals surface area contributed by atoms with E-state index in [4.69, 9.17) is 5.73 Å². The van der Waals surface area contributed by atoms with Gasteiger partial charge in [0, 0.05) is 19.1 Å². The van der Waals surface area contributed by atoms with Gasteiger partial charge in [-0.2, -0.15) is 5.10 Å². The van der Waals surface area contributed by atoms with Gasteiger partial charge in [0.1, 0.15) is 0 Å². The minimum Gasteiger partial charge on any atom is -0.329 e. The zero-order valence-corrected chi connectivity index (χ0v) is 11.9. The Balaban J connectivity index is 0.00000162. The fourth-order valence-corrected chi connectivity index (χ4v) is 3.38. The quantitative estimate of drug-likeness (QED) is 0.792. The molecule has 0 amide bonds. The van der Waals surface area contributed by atoms with E-state index in [9.17, 15) is 8.42 Å². The summed E-state index contributed by atoms with van der Waals surface area (Å²) in [6.45, 7) is 2.72. The highest BCUT2D eigenvalue weighted by atomic mass is 35.5. The van der Waals surface area contributed by atoms with Crippen LogP contribution in [-0.4, -0.2) is 30.8 Å². The van der Waals surface area contributed by atoms with Crippen LogP contribution in [0.3, 0.4) is 0 Å². The molecule has 0 saturated heterocycles. The highest BCUT2D eigenvalue weighted by molar-refractivity contribution is 7.89. The number of rotatable bonds is 6. The van der Waals surface area contributed by atoms with Crippen LogP contribution < -0.4 is 10.5 Å². The predicted octanol–water partition coefficient (Wildman–Crippen LogP) is 0.340. The number of nitrogens with zero attached hydrogens (tertiary/aromatic N) is 2. The Morgan fingerprint density at radius 1 is 1.61 bits per heavy atom. The van der Waals surface area contributed by atoms with Gasteiger partial charge in [-0.05, 0) is 31.7 Å². The average Bonchev–Trinajstić information content (AvgIpc) is 3.02. The second-order valence-electron chi connectivity index (χ2n) is 4.29. The number of sulfonamides is 1. The minimum atomic E-state index is -3.51. The van der Waals surface area contributed by atoms with Crippen molar-refractivity contribution in [2.45, 2.75) is 37.4 Å². The van der Waals surface area contributed by atoms with Crippen molar-refractivity contribution in [3.8, 4) is 0 Å². The Kier molecular flexibility index (Phi) is 5.15. The number of hydrogen-bond donors (Lipinski definition) is 2. The lowest BCUT2D eigenvalue weighted by molar-refractivity contribution is 0.503. The van der Waals surface area contributed by atoms with Gasteiger partial charge in [-0.15, -0.1) is 12.4 Å². The minimum absolute atomic E-state index is 0.